The van der Waals surface area contributed by atoms with Gasteiger partial charge >= 0.3 is 0 Å². The van der Waals surface area contributed by atoms with Gasteiger partial charge in [-0.25, -0.2) is 14.4 Å². The van der Waals surface area contributed by atoms with Crippen LogP contribution in [0.2, 0.25) is 0 Å². The number of imidazole rings is 2. The fourth-order valence-electron chi connectivity index (χ4n) is 7.94. The van der Waals surface area contributed by atoms with Crippen molar-refractivity contribution in [3.63, 3.8) is 0 Å². The van der Waals surface area contributed by atoms with Crippen LogP contribution in [-0.2, 0) is 22.4 Å². The number of aromatic amines is 2. The first-order valence-corrected chi connectivity index (χ1v) is 17.7. The third-order valence-corrected chi connectivity index (χ3v) is 10.7. The molecular formula is C41H39FN8O2. The van der Waals surface area contributed by atoms with E-state index >= 15 is 0 Å². The van der Waals surface area contributed by atoms with Crippen molar-refractivity contribution in [1.29, 1.82) is 0 Å². The number of ether oxygens (including phenoxy) is 1. The molecule has 1 amide bonds. The van der Waals surface area contributed by atoms with E-state index in [1.54, 1.807) is 14.0 Å². The van der Waals surface area contributed by atoms with Crippen LogP contribution in [0.25, 0.3) is 44.5 Å². The number of carbonyl (C=O) groups excluding carboxylic acids is 1. The SMILES string of the molecule is C=C(N[C@H]1CCc2cccc3c2N(C1=O)[C@H](c1ncc(-c2cnc4cc(-c5ccc(-c6cnc([C@@H]7CC(C)(F)CN7)[nH]6)cc5)ccc4c2)[nH]1)C3)OC. The number of nitrogens with one attached hydrogen (secondary N) is 4. The van der Waals surface area contributed by atoms with Crippen molar-refractivity contribution < 1.29 is 13.9 Å². The van der Waals surface area contributed by atoms with Gasteiger partial charge in [0.05, 0.1) is 54.2 Å². The van der Waals surface area contributed by atoms with Gasteiger partial charge in [0.1, 0.15) is 23.4 Å². The second-order valence-corrected chi connectivity index (χ2v) is 14.3. The average molecular weight is 695 g/mol. The molecule has 3 aliphatic heterocycles. The lowest BCUT2D eigenvalue weighted by Gasteiger charge is -2.28. The van der Waals surface area contributed by atoms with Gasteiger partial charge in [0.25, 0.3) is 0 Å². The highest BCUT2D eigenvalue weighted by atomic mass is 19.1. The van der Waals surface area contributed by atoms with E-state index in [1.807, 2.05) is 23.5 Å². The number of alkyl halides is 1. The smallest absolute Gasteiger partial charge is 0.250 e. The fraction of sp³-hybridized carbons (Fsp3) is 0.268. The minimum absolute atomic E-state index is 0.0121. The Kier molecular flexibility index (Phi) is 7.69. The number of hydrogen-bond acceptors (Lipinski definition) is 7. The summed E-state index contributed by atoms with van der Waals surface area (Å²) in [7, 11) is 1.55. The lowest BCUT2D eigenvalue weighted by molar-refractivity contribution is -0.121. The van der Waals surface area contributed by atoms with E-state index in [4.69, 9.17) is 14.7 Å². The van der Waals surface area contributed by atoms with E-state index in [-0.39, 0.29) is 18.0 Å². The van der Waals surface area contributed by atoms with Gasteiger partial charge in [-0.3, -0.25) is 14.7 Å². The van der Waals surface area contributed by atoms with Crippen LogP contribution in [0.15, 0.2) is 97.8 Å². The number of hydrogen-bond donors (Lipinski definition) is 4. The molecule has 10 nitrogen and oxygen atoms in total. The number of carbonyl (C=O) groups is 1. The number of methoxy groups -OCH3 is 1. The van der Waals surface area contributed by atoms with Crippen LogP contribution >= 0.6 is 0 Å². The van der Waals surface area contributed by atoms with Crippen LogP contribution in [0.5, 0.6) is 0 Å². The molecule has 0 bridgehead atoms. The molecule has 0 aliphatic carbocycles. The molecule has 0 radical (unpaired) electrons. The number of aryl methyl sites for hydroxylation is 1. The highest BCUT2D eigenvalue weighted by molar-refractivity contribution is 6.01. The Morgan fingerprint density at radius 1 is 0.923 bits per heavy atom. The molecule has 0 spiro atoms. The molecule has 6 heterocycles. The Morgan fingerprint density at radius 2 is 1.65 bits per heavy atom. The van der Waals surface area contributed by atoms with E-state index in [1.165, 1.54) is 5.56 Å². The van der Waals surface area contributed by atoms with Gasteiger partial charge in [-0.05, 0) is 66.3 Å². The number of pyridine rings is 1. The highest BCUT2D eigenvalue weighted by Gasteiger charge is 2.42. The second-order valence-electron chi connectivity index (χ2n) is 14.3. The quantitative estimate of drug-likeness (QED) is 0.125. The topological polar surface area (TPSA) is 124 Å². The van der Waals surface area contributed by atoms with E-state index < -0.39 is 11.7 Å². The van der Waals surface area contributed by atoms with Crippen molar-refractivity contribution in [3.8, 4) is 33.6 Å². The number of anilines is 1. The van der Waals surface area contributed by atoms with Crippen molar-refractivity contribution in [3.05, 3.63) is 121 Å². The lowest BCUT2D eigenvalue weighted by Crippen LogP contribution is -2.46. The summed E-state index contributed by atoms with van der Waals surface area (Å²) < 4.78 is 19.6. The number of amides is 1. The molecule has 3 aromatic carbocycles. The second kappa shape index (κ2) is 12.4. The third-order valence-electron chi connectivity index (χ3n) is 10.7. The summed E-state index contributed by atoms with van der Waals surface area (Å²) in [5.41, 5.74) is 8.80. The first-order chi connectivity index (χ1) is 25.2. The summed E-state index contributed by atoms with van der Waals surface area (Å²) in [5.74, 6) is 1.86. The minimum Gasteiger partial charge on any atom is -0.483 e. The van der Waals surface area contributed by atoms with E-state index in [0.717, 1.165) is 73.9 Å². The molecule has 1 unspecified atom stereocenters. The van der Waals surface area contributed by atoms with E-state index in [0.29, 0.717) is 31.7 Å². The highest BCUT2D eigenvalue weighted by Crippen LogP contribution is 2.45. The summed E-state index contributed by atoms with van der Waals surface area (Å²) in [4.78, 5) is 37.0. The average Bonchev–Trinajstić information content (AvgIpc) is 3.97. The predicted molar refractivity (Wildman–Crippen MR) is 199 cm³/mol. The maximum atomic E-state index is 14.3. The van der Waals surface area contributed by atoms with Crippen LogP contribution < -0.4 is 15.5 Å². The van der Waals surface area contributed by atoms with Crippen molar-refractivity contribution in [2.75, 3.05) is 18.6 Å². The number of H-pyrrole nitrogens is 2. The summed E-state index contributed by atoms with van der Waals surface area (Å²) in [5, 5.41) is 7.40. The van der Waals surface area contributed by atoms with Gasteiger partial charge in [0.15, 0.2) is 5.88 Å². The molecule has 6 aromatic rings. The molecule has 3 aromatic heterocycles. The zero-order valence-electron chi connectivity index (χ0n) is 29.0. The predicted octanol–water partition coefficient (Wildman–Crippen LogP) is 7.10. The third kappa shape index (κ3) is 5.71. The fourth-order valence-corrected chi connectivity index (χ4v) is 7.94. The van der Waals surface area contributed by atoms with E-state index in [2.05, 4.69) is 98.9 Å². The van der Waals surface area contributed by atoms with Crippen LogP contribution in [0.3, 0.4) is 0 Å². The maximum absolute atomic E-state index is 14.3. The van der Waals surface area contributed by atoms with Crippen LogP contribution in [0.1, 0.15) is 54.6 Å². The molecule has 4 atom stereocenters. The Labute approximate surface area is 300 Å². The van der Waals surface area contributed by atoms with Crippen molar-refractivity contribution in [2.45, 2.75) is 56.4 Å². The van der Waals surface area contributed by atoms with Crippen molar-refractivity contribution in [2.24, 2.45) is 0 Å². The number of benzene rings is 3. The summed E-state index contributed by atoms with van der Waals surface area (Å²) in [6, 6.07) is 22.2. The number of halogens is 1. The lowest BCUT2D eigenvalue weighted by atomic mass is 10.0. The van der Waals surface area contributed by atoms with Gasteiger partial charge in [-0.15, -0.1) is 0 Å². The molecule has 1 saturated heterocycles. The maximum Gasteiger partial charge on any atom is 0.250 e. The van der Waals surface area contributed by atoms with Gasteiger partial charge in [0, 0.05) is 36.5 Å². The molecular weight excluding hydrogens is 656 g/mol. The van der Waals surface area contributed by atoms with E-state index in [9.17, 15) is 9.18 Å². The largest absolute Gasteiger partial charge is 0.483 e. The molecule has 9 rings (SSSR count). The zero-order chi connectivity index (χ0) is 35.6. The Morgan fingerprint density at radius 3 is 2.44 bits per heavy atom. The molecule has 4 N–H and O–H groups in total. The van der Waals surface area contributed by atoms with Gasteiger partial charge in [-0.1, -0.05) is 54.6 Å². The Balaban J connectivity index is 0.935. The standard InChI is InChI=1S/C41H39FN8O2/c1-23(52-3)47-31-14-13-26-5-4-6-29-17-36(50(37(26)29)40(31)51)39-45-21-35(49-39)30-15-28-12-11-27(16-32(28)43-19-30)24-7-9-25(10-8-24)34-20-44-38(48-34)33-18-41(2,42)22-46-33/h4-12,15-16,19-21,31,33,36,46-47H,1,13-14,17-18,22H2,2-3H3,(H,44,48)(H,45,49)/t31-,33-,36-,41?/m0/s1. The Bertz CT molecular complexity index is 2340. The number of fused-ring (bicyclic) bond motifs is 1. The van der Waals surface area contributed by atoms with Gasteiger partial charge in [0.2, 0.25) is 5.91 Å². The summed E-state index contributed by atoms with van der Waals surface area (Å²) in [6.45, 7) is 5.84. The molecule has 1 fully saturated rings. The summed E-state index contributed by atoms with van der Waals surface area (Å²) in [6.07, 6.45) is 8.01. The van der Waals surface area contributed by atoms with Crippen molar-refractivity contribution in [1.82, 2.24) is 35.6 Å². The van der Waals surface area contributed by atoms with Crippen molar-refractivity contribution >= 4 is 22.5 Å². The molecule has 3 aliphatic rings. The number of aromatic nitrogens is 5. The number of para-hydroxylation sites is 1. The number of nitrogens with zero attached hydrogens (tertiary/aromatic N) is 4. The van der Waals surface area contributed by atoms with Crippen LogP contribution in [0, 0.1) is 0 Å². The monoisotopic (exact) mass is 694 g/mol. The molecule has 52 heavy (non-hydrogen) atoms. The molecule has 262 valence electrons. The first kappa shape index (κ1) is 32.1. The van der Waals surface area contributed by atoms with Gasteiger partial charge in [-0.2, -0.15) is 0 Å². The summed E-state index contributed by atoms with van der Waals surface area (Å²) >= 11 is 0. The molecule has 0 saturated carbocycles. The number of rotatable bonds is 8. The van der Waals surface area contributed by atoms with Gasteiger partial charge < -0.3 is 25.3 Å². The van der Waals surface area contributed by atoms with Crippen LogP contribution in [0.4, 0.5) is 10.1 Å². The zero-order valence-corrected chi connectivity index (χ0v) is 29.0. The normalized spacial score (nSPS) is 22.4. The van der Waals surface area contributed by atoms with Crippen LogP contribution in [-0.4, -0.2) is 56.2 Å². The molecule has 11 heteroatoms. The minimum atomic E-state index is -1.22. The Hall–Kier alpha value is -5.81. The first-order valence-electron chi connectivity index (χ1n) is 17.7.